The standard InChI is InChI=1S/C16H17ClN2O2S/c17-15-7-6-12-8-10-18-11-9-14(12)16(15)19-22(20,21)13-4-2-1-3-5-13/h1-7,18-19H,8-11H2. The molecule has 22 heavy (non-hydrogen) atoms. The number of benzene rings is 2. The molecule has 2 aromatic carbocycles. The Labute approximate surface area is 135 Å². The molecule has 0 saturated carbocycles. The van der Waals surface area contributed by atoms with E-state index in [1.807, 2.05) is 6.07 Å². The summed E-state index contributed by atoms with van der Waals surface area (Å²) in [4.78, 5) is 0.232. The van der Waals surface area contributed by atoms with Crippen molar-refractivity contribution >= 4 is 27.3 Å². The van der Waals surface area contributed by atoms with Crippen LogP contribution in [0.4, 0.5) is 5.69 Å². The molecular formula is C16H17ClN2O2S. The van der Waals surface area contributed by atoms with E-state index in [1.54, 1.807) is 36.4 Å². The van der Waals surface area contributed by atoms with Crippen molar-refractivity contribution in [3.63, 3.8) is 0 Å². The van der Waals surface area contributed by atoms with Crippen LogP contribution in [-0.4, -0.2) is 21.5 Å². The predicted octanol–water partition coefficient (Wildman–Crippen LogP) is 2.83. The molecule has 4 nitrogen and oxygen atoms in total. The van der Waals surface area contributed by atoms with E-state index in [2.05, 4.69) is 10.0 Å². The highest BCUT2D eigenvalue weighted by molar-refractivity contribution is 7.92. The first kappa shape index (κ1) is 15.3. The third-order valence-corrected chi connectivity index (χ3v) is 5.45. The molecule has 1 heterocycles. The van der Waals surface area contributed by atoms with Crippen molar-refractivity contribution in [2.24, 2.45) is 0 Å². The SMILES string of the molecule is O=S(=O)(Nc1c(Cl)ccc2c1CCNCC2)c1ccccc1. The molecule has 2 N–H and O–H groups in total. The average molecular weight is 337 g/mol. The second-order valence-electron chi connectivity index (χ2n) is 5.23. The molecule has 0 fully saturated rings. The molecule has 0 amide bonds. The fraction of sp³-hybridized carbons (Fsp3) is 0.250. The summed E-state index contributed by atoms with van der Waals surface area (Å²) in [5, 5.41) is 3.75. The van der Waals surface area contributed by atoms with Crippen molar-refractivity contribution in [1.29, 1.82) is 0 Å². The van der Waals surface area contributed by atoms with E-state index in [4.69, 9.17) is 11.6 Å². The topological polar surface area (TPSA) is 58.2 Å². The van der Waals surface area contributed by atoms with Crippen LogP contribution in [-0.2, 0) is 22.9 Å². The first-order valence-corrected chi connectivity index (χ1v) is 9.03. The van der Waals surface area contributed by atoms with Crippen LogP contribution < -0.4 is 10.0 Å². The van der Waals surface area contributed by atoms with Crippen molar-refractivity contribution in [2.45, 2.75) is 17.7 Å². The summed E-state index contributed by atoms with van der Waals surface area (Å²) >= 11 is 6.26. The molecule has 0 aliphatic carbocycles. The average Bonchev–Trinajstić information content (AvgIpc) is 2.76. The molecule has 2 aromatic rings. The summed E-state index contributed by atoms with van der Waals surface area (Å²) in [5.41, 5.74) is 2.63. The normalized spacial score (nSPS) is 15.0. The Morgan fingerprint density at radius 1 is 1.00 bits per heavy atom. The lowest BCUT2D eigenvalue weighted by Gasteiger charge is -2.16. The third-order valence-electron chi connectivity index (χ3n) is 3.77. The molecule has 3 rings (SSSR count). The number of hydrogen-bond donors (Lipinski definition) is 2. The second-order valence-corrected chi connectivity index (χ2v) is 7.32. The van der Waals surface area contributed by atoms with Gasteiger partial charge in [0.25, 0.3) is 10.0 Å². The lowest BCUT2D eigenvalue weighted by Crippen LogP contribution is -2.17. The van der Waals surface area contributed by atoms with Crippen molar-refractivity contribution < 1.29 is 8.42 Å². The van der Waals surface area contributed by atoms with Gasteiger partial charge in [-0.05, 0) is 55.3 Å². The molecule has 1 aliphatic rings. The first-order valence-electron chi connectivity index (χ1n) is 7.17. The summed E-state index contributed by atoms with van der Waals surface area (Å²) in [6.07, 6.45) is 1.62. The zero-order valence-corrected chi connectivity index (χ0v) is 13.5. The van der Waals surface area contributed by atoms with E-state index in [1.165, 1.54) is 0 Å². The minimum atomic E-state index is -3.64. The summed E-state index contributed by atoms with van der Waals surface area (Å²) in [5.74, 6) is 0. The van der Waals surface area contributed by atoms with Crippen molar-refractivity contribution in [3.05, 3.63) is 58.6 Å². The van der Waals surface area contributed by atoms with Gasteiger partial charge in [-0.25, -0.2) is 8.42 Å². The minimum Gasteiger partial charge on any atom is -0.316 e. The third kappa shape index (κ3) is 3.11. The Bertz CT molecular complexity index is 776. The summed E-state index contributed by atoms with van der Waals surface area (Å²) in [6.45, 7) is 1.70. The highest BCUT2D eigenvalue weighted by Crippen LogP contribution is 2.32. The molecular weight excluding hydrogens is 320 g/mol. The Balaban J connectivity index is 2.02. The second kappa shape index (κ2) is 6.28. The van der Waals surface area contributed by atoms with Gasteiger partial charge in [0.05, 0.1) is 15.6 Å². The van der Waals surface area contributed by atoms with Crippen molar-refractivity contribution in [3.8, 4) is 0 Å². The molecule has 0 saturated heterocycles. The van der Waals surface area contributed by atoms with Crippen LogP contribution in [0, 0.1) is 0 Å². The van der Waals surface area contributed by atoms with Gasteiger partial charge in [-0.3, -0.25) is 4.72 Å². The van der Waals surface area contributed by atoms with Gasteiger partial charge in [0, 0.05) is 0 Å². The number of sulfonamides is 1. The number of rotatable bonds is 3. The maximum atomic E-state index is 12.5. The van der Waals surface area contributed by atoms with E-state index < -0.39 is 10.0 Å². The summed E-state index contributed by atoms with van der Waals surface area (Å²) < 4.78 is 27.8. The molecule has 0 radical (unpaired) electrons. The van der Waals surface area contributed by atoms with Gasteiger partial charge in [-0.1, -0.05) is 35.9 Å². The first-order chi connectivity index (χ1) is 10.6. The minimum absolute atomic E-state index is 0.232. The number of nitrogens with one attached hydrogen (secondary N) is 2. The summed E-state index contributed by atoms with van der Waals surface area (Å²) in [6, 6.07) is 12.1. The van der Waals surface area contributed by atoms with E-state index in [-0.39, 0.29) is 4.90 Å². The fourth-order valence-corrected chi connectivity index (χ4v) is 4.06. The largest absolute Gasteiger partial charge is 0.316 e. The van der Waals surface area contributed by atoms with Crippen LogP contribution in [0.5, 0.6) is 0 Å². The van der Waals surface area contributed by atoms with Crippen LogP contribution in [0.1, 0.15) is 11.1 Å². The van der Waals surface area contributed by atoms with Crippen LogP contribution in [0.2, 0.25) is 5.02 Å². The number of fused-ring (bicyclic) bond motifs is 1. The molecule has 1 aliphatic heterocycles. The Morgan fingerprint density at radius 2 is 1.73 bits per heavy atom. The van der Waals surface area contributed by atoms with Crippen LogP contribution in [0.3, 0.4) is 0 Å². The lowest BCUT2D eigenvalue weighted by molar-refractivity contribution is 0.601. The molecule has 0 unspecified atom stereocenters. The van der Waals surface area contributed by atoms with Gasteiger partial charge in [-0.15, -0.1) is 0 Å². The van der Waals surface area contributed by atoms with Gasteiger partial charge in [-0.2, -0.15) is 0 Å². The van der Waals surface area contributed by atoms with Crippen LogP contribution in [0.25, 0.3) is 0 Å². The highest BCUT2D eigenvalue weighted by atomic mass is 35.5. The smallest absolute Gasteiger partial charge is 0.261 e. The Kier molecular flexibility index (Phi) is 4.38. The Morgan fingerprint density at radius 3 is 2.50 bits per heavy atom. The molecule has 116 valence electrons. The quantitative estimate of drug-likeness (QED) is 0.906. The molecule has 0 bridgehead atoms. The van der Waals surface area contributed by atoms with E-state index >= 15 is 0 Å². The maximum Gasteiger partial charge on any atom is 0.261 e. The number of anilines is 1. The highest BCUT2D eigenvalue weighted by Gasteiger charge is 2.20. The van der Waals surface area contributed by atoms with Crippen LogP contribution >= 0.6 is 11.6 Å². The number of halogens is 1. The monoisotopic (exact) mass is 336 g/mol. The van der Waals surface area contributed by atoms with Crippen LogP contribution in [0.15, 0.2) is 47.4 Å². The van der Waals surface area contributed by atoms with Gasteiger partial charge in [0.15, 0.2) is 0 Å². The van der Waals surface area contributed by atoms with E-state index in [0.717, 1.165) is 37.1 Å². The zero-order valence-electron chi connectivity index (χ0n) is 12.0. The molecule has 0 aromatic heterocycles. The van der Waals surface area contributed by atoms with Gasteiger partial charge < -0.3 is 5.32 Å². The van der Waals surface area contributed by atoms with E-state index in [9.17, 15) is 8.42 Å². The summed E-state index contributed by atoms with van der Waals surface area (Å²) in [7, 11) is -3.64. The maximum absolute atomic E-state index is 12.5. The Hall–Kier alpha value is -1.56. The lowest BCUT2D eigenvalue weighted by atomic mass is 10.0. The van der Waals surface area contributed by atoms with E-state index in [0.29, 0.717) is 10.7 Å². The zero-order chi connectivity index (χ0) is 15.6. The van der Waals surface area contributed by atoms with Gasteiger partial charge in [0.1, 0.15) is 0 Å². The molecule has 6 heteroatoms. The molecule has 0 atom stereocenters. The van der Waals surface area contributed by atoms with Crippen molar-refractivity contribution in [2.75, 3.05) is 17.8 Å². The van der Waals surface area contributed by atoms with Gasteiger partial charge in [0.2, 0.25) is 0 Å². The molecule has 0 spiro atoms. The predicted molar refractivity (Wildman–Crippen MR) is 89.0 cm³/mol. The fourth-order valence-electron chi connectivity index (χ4n) is 2.65. The van der Waals surface area contributed by atoms with Crippen molar-refractivity contribution in [1.82, 2.24) is 5.32 Å². The van der Waals surface area contributed by atoms with Gasteiger partial charge >= 0.3 is 0 Å². The number of hydrogen-bond acceptors (Lipinski definition) is 3.